The van der Waals surface area contributed by atoms with Gasteiger partial charge in [-0.3, -0.25) is 0 Å². The van der Waals surface area contributed by atoms with Gasteiger partial charge in [0.25, 0.3) is 0 Å². The highest BCUT2D eigenvalue weighted by molar-refractivity contribution is 6.04. The van der Waals surface area contributed by atoms with Gasteiger partial charge in [0.1, 0.15) is 11.5 Å². The Morgan fingerprint density at radius 3 is 2.09 bits per heavy atom. The molecule has 1 aliphatic heterocycles. The molecule has 33 heavy (non-hydrogen) atoms. The van der Waals surface area contributed by atoms with Crippen LogP contribution in [0.4, 0.5) is 4.79 Å². The lowest BCUT2D eigenvalue weighted by atomic mass is 9.92. The van der Waals surface area contributed by atoms with Crippen LogP contribution in [0.2, 0.25) is 0 Å². The van der Waals surface area contributed by atoms with Crippen molar-refractivity contribution >= 4 is 17.7 Å². The molecule has 0 aliphatic carbocycles. The number of carbonyl (C=O) groups is 2. The normalized spacial score (nSPS) is 15.6. The van der Waals surface area contributed by atoms with Crippen molar-refractivity contribution in [1.82, 2.24) is 10.6 Å². The van der Waals surface area contributed by atoms with E-state index in [9.17, 15) is 9.59 Å². The molecule has 3 aromatic carbocycles. The van der Waals surface area contributed by atoms with Gasteiger partial charge in [-0.25, -0.2) is 9.59 Å². The molecule has 2 N–H and O–H groups in total. The lowest BCUT2D eigenvalue weighted by Gasteiger charge is -2.30. The summed E-state index contributed by atoms with van der Waals surface area (Å²) < 4.78 is 11.4. The molecule has 2 amide bonds. The second-order valence-electron chi connectivity index (χ2n) is 8.12. The summed E-state index contributed by atoms with van der Waals surface area (Å²) in [6.45, 7) is 5.61. The van der Waals surface area contributed by atoms with E-state index >= 15 is 0 Å². The maximum Gasteiger partial charge on any atom is 0.338 e. The van der Waals surface area contributed by atoms with Gasteiger partial charge in [0.15, 0.2) is 0 Å². The van der Waals surface area contributed by atoms with Gasteiger partial charge in [0.2, 0.25) is 0 Å². The molecule has 6 heteroatoms. The Balaban J connectivity index is 1.70. The third kappa shape index (κ3) is 5.23. The summed E-state index contributed by atoms with van der Waals surface area (Å²) in [6.07, 6.45) is -0.300. The van der Waals surface area contributed by atoms with Crippen LogP contribution in [0, 0.1) is 6.92 Å². The molecule has 0 bridgehead atoms. The van der Waals surface area contributed by atoms with Crippen LogP contribution in [-0.2, 0) is 9.53 Å². The largest absolute Gasteiger partial charge is 0.459 e. The number of hydrogen-bond acceptors (Lipinski definition) is 4. The fourth-order valence-electron chi connectivity index (χ4n) is 3.62. The van der Waals surface area contributed by atoms with Crippen molar-refractivity contribution in [2.24, 2.45) is 0 Å². The third-order valence-corrected chi connectivity index (χ3v) is 5.17. The Morgan fingerprint density at radius 2 is 1.48 bits per heavy atom. The summed E-state index contributed by atoms with van der Waals surface area (Å²) in [5.74, 6) is 0.902. The molecular weight excluding hydrogens is 416 g/mol. The first-order chi connectivity index (χ1) is 15.9. The van der Waals surface area contributed by atoms with Crippen LogP contribution in [0.25, 0.3) is 5.70 Å². The quantitative estimate of drug-likeness (QED) is 0.494. The van der Waals surface area contributed by atoms with E-state index in [0.717, 1.165) is 22.4 Å². The fourth-order valence-corrected chi connectivity index (χ4v) is 3.62. The highest BCUT2D eigenvalue weighted by atomic mass is 16.5. The summed E-state index contributed by atoms with van der Waals surface area (Å²) >= 11 is 0. The minimum atomic E-state index is -0.673. The van der Waals surface area contributed by atoms with Crippen molar-refractivity contribution in [2.75, 3.05) is 0 Å². The molecule has 1 heterocycles. The van der Waals surface area contributed by atoms with Crippen LogP contribution in [0.5, 0.6) is 11.5 Å². The zero-order chi connectivity index (χ0) is 23.4. The zero-order valence-corrected chi connectivity index (χ0v) is 18.8. The molecule has 1 aliphatic rings. The first kappa shape index (κ1) is 22.1. The van der Waals surface area contributed by atoms with E-state index in [4.69, 9.17) is 9.47 Å². The van der Waals surface area contributed by atoms with Gasteiger partial charge in [0, 0.05) is 0 Å². The summed E-state index contributed by atoms with van der Waals surface area (Å²) in [5, 5.41) is 5.65. The van der Waals surface area contributed by atoms with Gasteiger partial charge in [-0.2, -0.15) is 0 Å². The molecule has 1 unspecified atom stereocenters. The molecule has 0 radical (unpaired) electrons. The van der Waals surface area contributed by atoms with E-state index < -0.39 is 12.0 Å². The molecule has 168 valence electrons. The van der Waals surface area contributed by atoms with E-state index in [-0.39, 0.29) is 12.1 Å². The summed E-state index contributed by atoms with van der Waals surface area (Å²) in [5.41, 5.74) is 3.41. The number of hydrogen-bond donors (Lipinski definition) is 2. The lowest BCUT2D eigenvalue weighted by molar-refractivity contribution is -0.143. The first-order valence-electron chi connectivity index (χ1n) is 10.8. The highest BCUT2D eigenvalue weighted by Gasteiger charge is 2.34. The molecular formula is C27H26N2O4. The van der Waals surface area contributed by atoms with E-state index in [1.54, 1.807) is 13.8 Å². The van der Waals surface area contributed by atoms with E-state index in [2.05, 4.69) is 10.6 Å². The number of ether oxygens (including phenoxy) is 2. The SMILES string of the molecule is Cc1ccc(Oc2ccc(C3NC(=O)NC(c4ccccc4)=C3C(=O)OC(C)C)cc2)cc1. The monoisotopic (exact) mass is 442 g/mol. The minimum absolute atomic E-state index is 0.300. The molecule has 0 aromatic heterocycles. The molecule has 4 rings (SSSR count). The summed E-state index contributed by atoms with van der Waals surface area (Å²) in [7, 11) is 0. The van der Waals surface area contributed by atoms with Crippen LogP contribution >= 0.6 is 0 Å². The fraction of sp³-hybridized carbons (Fsp3) is 0.185. The van der Waals surface area contributed by atoms with Crippen LogP contribution < -0.4 is 15.4 Å². The molecule has 0 saturated carbocycles. The molecule has 6 nitrogen and oxygen atoms in total. The second kappa shape index (κ2) is 9.61. The zero-order valence-electron chi connectivity index (χ0n) is 18.8. The molecule has 0 spiro atoms. The number of urea groups is 1. The third-order valence-electron chi connectivity index (χ3n) is 5.17. The second-order valence-corrected chi connectivity index (χ2v) is 8.12. The van der Waals surface area contributed by atoms with Crippen LogP contribution in [0.1, 0.15) is 36.6 Å². The predicted molar refractivity (Wildman–Crippen MR) is 127 cm³/mol. The van der Waals surface area contributed by atoms with Gasteiger partial charge in [-0.1, -0.05) is 60.2 Å². The first-order valence-corrected chi connectivity index (χ1v) is 10.8. The van der Waals surface area contributed by atoms with Gasteiger partial charge in [-0.15, -0.1) is 0 Å². The van der Waals surface area contributed by atoms with Crippen molar-refractivity contribution in [1.29, 1.82) is 0 Å². The van der Waals surface area contributed by atoms with Gasteiger partial charge < -0.3 is 20.1 Å². The van der Waals surface area contributed by atoms with Crippen molar-refractivity contribution < 1.29 is 19.1 Å². The van der Waals surface area contributed by atoms with Crippen LogP contribution in [-0.4, -0.2) is 18.1 Å². The Labute approximate surface area is 193 Å². The molecule has 1 atom stereocenters. The van der Waals surface area contributed by atoms with E-state index in [0.29, 0.717) is 17.0 Å². The molecule has 0 saturated heterocycles. The van der Waals surface area contributed by atoms with E-state index in [1.807, 2.05) is 85.8 Å². The minimum Gasteiger partial charge on any atom is -0.459 e. The smallest absolute Gasteiger partial charge is 0.338 e. The van der Waals surface area contributed by atoms with Crippen molar-refractivity contribution in [3.05, 3.63) is 101 Å². The highest BCUT2D eigenvalue weighted by Crippen LogP contribution is 2.33. The lowest BCUT2D eigenvalue weighted by Crippen LogP contribution is -2.45. The number of esters is 1. The number of rotatable bonds is 6. The van der Waals surface area contributed by atoms with Crippen molar-refractivity contribution in [2.45, 2.75) is 32.9 Å². The van der Waals surface area contributed by atoms with Crippen molar-refractivity contribution in [3.8, 4) is 11.5 Å². The topological polar surface area (TPSA) is 76.7 Å². The van der Waals surface area contributed by atoms with Crippen molar-refractivity contribution in [3.63, 3.8) is 0 Å². The number of aryl methyl sites for hydroxylation is 1. The molecule has 3 aromatic rings. The Kier molecular flexibility index (Phi) is 6.45. The van der Waals surface area contributed by atoms with Crippen LogP contribution in [0.3, 0.4) is 0 Å². The van der Waals surface area contributed by atoms with Crippen LogP contribution in [0.15, 0.2) is 84.4 Å². The predicted octanol–water partition coefficient (Wildman–Crippen LogP) is 5.50. The number of amides is 2. The average Bonchev–Trinajstić information content (AvgIpc) is 2.80. The Bertz CT molecular complexity index is 1170. The average molecular weight is 443 g/mol. The summed E-state index contributed by atoms with van der Waals surface area (Å²) in [6, 6.07) is 23.3. The maximum absolute atomic E-state index is 13.1. The molecule has 0 fully saturated rings. The Hall–Kier alpha value is -4.06. The number of carbonyl (C=O) groups excluding carboxylic acids is 2. The van der Waals surface area contributed by atoms with E-state index in [1.165, 1.54) is 0 Å². The summed E-state index contributed by atoms with van der Waals surface area (Å²) in [4.78, 5) is 25.6. The number of benzene rings is 3. The van der Waals surface area contributed by atoms with Gasteiger partial charge in [-0.05, 0) is 56.2 Å². The van der Waals surface area contributed by atoms with Gasteiger partial charge in [0.05, 0.1) is 23.4 Å². The Morgan fingerprint density at radius 1 is 0.879 bits per heavy atom. The van der Waals surface area contributed by atoms with Gasteiger partial charge >= 0.3 is 12.0 Å². The maximum atomic E-state index is 13.1. The standard InChI is InChI=1S/C27H26N2O4/c1-17(2)32-26(30)23-24(19-7-5-4-6-8-19)28-27(31)29-25(23)20-11-15-22(16-12-20)33-21-13-9-18(3)10-14-21/h4-17,25H,1-3H3,(H2,28,29,31). The number of nitrogens with one attached hydrogen (secondary N) is 2.